The Morgan fingerprint density at radius 2 is 1.88 bits per heavy atom. The summed E-state index contributed by atoms with van der Waals surface area (Å²) in [5.41, 5.74) is 1.73. The van der Waals surface area contributed by atoms with Gasteiger partial charge >= 0.3 is 0 Å². The van der Waals surface area contributed by atoms with Crippen LogP contribution >= 0.6 is 0 Å². The van der Waals surface area contributed by atoms with Crippen LogP contribution in [-0.4, -0.2) is 47.5 Å². The molecular weight excluding hydrogens is 324 g/mol. The molecule has 1 aromatic carbocycles. The van der Waals surface area contributed by atoms with Crippen molar-refractivity contribution in [2.24, 2.45) is 0 Å². The van der Waals surface area contributed by atoms with Gasteiger partial charge in [0.2, 0.25) is 0 Å². The Bertz CT molecular complexity index is 737. The fraction of sp³-hybridized carbons (Fsp3) is 0.476. The first-order valence-electron chi connectivity index (χ1n) is 9.35. The highest BCUT2D eigenvalue weighted by Crippen LogP contribution is 2.34. The molecule has 1 amide bonds. The Morgan fingerprint density at radius 3 is 2.54 bits per heavy atom. The first kappa shape index (κ1) is 18.5. The van der Waals surface area contributed by atoms with Crippen LogP contribution in [0, 0.1) is 0 Å². The van der Waals surface area contributed by atoms with Gasteiger partial charge in [-0.3, -0.25) is 4.79 Å². The molecule has 5 heteroatoms. The molecule has 3 rings (SSSR count). The summed E-state index contributed by atoms with van der Waals surface area (Å²) in [4.78, 5) is 23.7. The smallest absolute Gasteiger partial charge is 0.270 e. The number of carbonyl (C=O) groups excluding carboxylic acids is 1. The molecule has 1 fully saturated rings. The number of nitrogens with zero attached hydrogens (tertiary/aromatic N) is 3. The number of hydrogen-bond acceptors (Lipinski definition) is 4. The van der Waals surface area contributed by atoms with E-state index in [1.165, 1.54) is 5.56 Å². The van der Waals surface area contributed by atoms with Crippen LogP contribution in [0.3, 0.4) is 0 Å². The van der Waals surface area contributed by atoms with Crippen LogP contribution in [0.2, 0.25) is 0 Å². The molecule has 0 unspecified atom stereocenters. The third-order valence-corrected chi connectivity index (χ3v) is 5.34. The Balaban J connectivity index is 1.76. The minimum Gasteiger partial charge on any atom is -0.350 e. The van der Waals surface area contributed by atoms with Gasteiger partial charge in [-0.05, 0) is 44.6 Å². The number of amides is 1. The molecule has 1 N–H and O–H groups in total. The number of benzene rings is 1. The van der Waals surface area contributed by atoms with E-state index < -0.39 is 0 Å². The van der Waals surface area contributed by atoms with E-state index in [2.05, 4.69) is 51.5 Å². The lowest BCUT2D eigenvalue weighted by Gasteiger charge is -2.41. The summed E-state index contributed by atoms with van der Waals surface area (Å²) in [5, 5.41) is 3.14. The van der Waals surface area contributed by atoms with Gasteiger partial charge in [-0.2, -0.15) is 0 Å². The van der Waals surface area contributed by atoms with E-state index >= 15 is 0 Å². The Morgan fingerprint density at radius 1 is 1.19 bits per heavy atom. The lowest BCUT2D eigenvalue weighted by Crippen LogP contribution is -2.48. The largest absolute Gasteiger partial charge is 0.350 e. The third-order valence-electron chi connectivity index (χ3n) is 5.34. The molecule has 2 heterocycles. The Kier molecular flexibility index (Phi) is 5.67. The molecule has 0 radical (unpaired) electrons. The van der Waals surface area contributed by atoms with Crippen LogP contribution in [0.15, 0.2) is 42.6 Å². The Hall–Kier alpha value is -2.27. The maximum absolute atomic E-state index is 12.7. The van der Waals surface area contributed by atoms with Gasteiger partial charge in [0.1, 0.15) is 11.5 Å². The molecule has 1 aromatic heterocycles. The van der Waals surface area contributed by atoms with Crippen molar-refractivity contribution in [3.63, 3.8) is 0 Å². The minimum absolute atomic E-state index is 0.0165. The van der Waals surface area contributed by atoms with E-state index in [1.54, 1.807) is 12.3 Å². The highest BCUT2D eigenvalue weighted by molar-refractivity contribution is 5.92. The number of hydrogen-bond donors (Lipinski definition) is 1. The van der Waals surface area contributed by atoms with E-state index in [0.717, 1.165) is 25.9 Å². The number of rotatable bonds is 5. The van der Waals surface area contributed by atoms with E-state index in [-0.39, 0.29) is 17.2 Å². The summed E-state index contributed by atoms with van der Waals surface area (Å²) in [6.07, 6.45) is 3.74. The predicted octanol–water partition coefficient (Wildman–Crippen LogP) is 2.99. The monoisotopic (exact) mass is 352 g/mol. The SMILES string of the molecule is CC(C)c1nccc(C(=O)NCC2(c3ccccc3)CCN(C)CC2)n1. The lowest BCUT2D eigenvalue weighted by atomic mass is 9.72. The summed E-state index contributed by atoms with van der Waals surface area (Å²) in [7, 11) is 2.15. The van der Waals surface area contributed by atoms with E-state index in [1.807, 2.05) is 19.9 Å². The van der Waals surface area contributed by atoms with Crippen molar-refractivity contribution in [2.45, 2.75) is 38.0 Å². The first-order valence-corrected chi connectivity index (χ1v) is 9.35. The average Bonchev–Trinajstić information content (AvgIpc) is 2.68. The van der Waals surface area contributed by atoms with Crippen molar-refractivity contribution in [1.29, 1.82) is 0 Å². The van der Waals surface area contributed by atoms with Gasteiger partial charge in [-0.25, -0.2) is 9.97 Å². The molecule has 0 aliphatic carbocycles. The summed E-state index contributed by atoms with van der Waals surface area (Å²) in [5.74, 6) is 0.783. The highest BCUT2D eigenvalue weighted by atomic mass is 16.1. The normalized spacial score (nSPS) is 17.2. The molecule has 2 aromatic rings. The highest BCUT2D eigenvalue weighted by Gasteiger charge is 2.35. The maximum Gasteiger partial charge on any atom is 0.270 e. The molecule has 0 atom stereocenters. The van der Waals surface area contributed by atoms with Gasteiger partial charge in [0, 0.05) is 24.1 Å². The average molecular weight is 352 g/mol. The van der Waals surface area contributed by atoms with Crippen molar-refractivity contribution >= 4 is 5.91 Å². The van der Waals surface area contributed by atoms with Gasteiger partial charge in [0.05, 0.1) is 0 Å². The van der Waals surface area contributed by atoms with Crippen LogP contribution in [0.4, 0.5) is 0 Å². The summed E-state index contributed by atoms with van der Waals surface area (Å²) in [6.45, 7) is 6.76. The number of aromatic nitrogens is 2. The predicted molar refractivity (Wildman–Crippen MR) is 103 cm³/mol. The second-order valence-electron chi connectivity index (χ2n) is 7.59. The lowest BCUT2D eigenvalue weighted by molar-refractivity contribution is 0.0922. The van der Waals surface area contributed by atoms with Gasteiger partial charge < -0.3 is 10.2 Å². The molecule has 0 spiro atoms. The summed E-state index contributed by atoms with van der Waals surface area (Å²) >= 11 is 0. The number of piperidine rings is 1. The van der Waals surface area contributed by atoms with Crippen LogP contribution < -0.4 is 5.32 Å². The first-order chi connectivity index (χ1) is 12.5. The molecule has 1 saturated heterocycles. The van der Waals surface area contributed by atoms with Gasteiger partial charge in [-0.1, -0.05) is 44.2 Å². The standard InChI is InChI=1S/C21H28N4O/c1-16(2)19-22-12-9-18(24-19)20(26)23-15-21(10-13-25(3)14-11-21)17-7-5-4-6-8-17/h4-9,12,16H,10-11,13-15H2,1-3H3,(H,23,26). The van der Waals surface area contributed by atoms with Crippen LogP contribution in [0.5, 0.6) is 0 Å². The molecular formula is C21H28N4O. The van der Waals surface area contributed by atoms with Crippen molar-refractivity contribution in [3.05, 3.63) is 59.7 Å². The van der Waals surface area contributed by atoms with E-state index in [4.69, 9.17) is 0 Å². The van der Waals surface area contributed by atoms with Crippen molar-refractivity contribution in [2.75, 3.05) is 26.7 Å². The van der Waals surface area contributed by atoms with Gasteiger partial charge in [0.15, 0.2) is 0 Å². The fourth-order valence-electron chi connectivity index (χ4n) is 3.52. The molecule has 5 nitrogen and oxygen atoms in total. The summed E-state index contributed by atoms with van der Waals surface area (Å²) in [6, 6.07) is 12.2. The van der Waals surface area contributed by atoms with E-state index in [0.29, 0.717) is 18.1 Å². The molecule has 1 aliphatic rings. The van der Waals surface area contributed by atoms with Gasteiger partial charge in [-0.15, -0.1) is 0 Å². The number of nitrogens with one attached hydrogen (secondary N) is 1. The van der Waals surface area contributed by atoms with Crippen LogP contribution in [0.25, 0.3) is 0 Å². The topological polar surface area (TPSA) is 58.1 Å². The second-order valence-corrected chi connectivity index (χ2v) is 7.59. The number of carbonyl (C=O) groups is 1. The van der Waals surface area contributed by atoms with E-state index in [9.17, 15) is 4.79 Å². The molecule has 0 bridgehead atoms. The van der Waals surface area contributed by atoms with Crippen LogP contribution in [-0.2, 0) is 5.41 Å². The van der Waals surface area contributed by atoms with Crippen molar-refractivity contribution < 1.29 is 4.79 Å². The second kappa shape index (κ2) is 7.96. The van der Waals surface area contributed by atoms with Crippen LogP contribution in [0.1, 0.15) is 54.5 Å². The Labute approximate surface area is 155 Å². The molecule has 138 valence electrons. The molecule has 0 saturated carbocycles. The minimum atomic E-state index is -0.122. The zero-order chi connectivity index (χ0) is 18.6. The molecule has 1 aliphatic heterocycles. The zero-order valence-electron chi connectivity index (χ0n) is 15.9. The van der Waals surface area contributed by atoms with Crippen molar-refractivity contribution in [1.82, 2.24) is 20.2 Å². The maximum atomic E-state index is 12.7. The molecule has 26 heavy (non-hydrogen) atoms. The summed E-state index contributed by atoms with van der Waals surface area (Å²) < 4.78 is 0. The zero-order valence-corrected chi connectivity index (χ0v) is 15.9. The third kappa shape index (κ3) is 4.10. The van der Waals surface area contributed by atoms with Crippen molar-refractivity contribution in [3.8, 4) is 0 Å². The fourth-order valence-corrected chi connectivity index (χ4v) is 3.52. The van der Waals surface area contributed by atoms with Gasteiger partial charge in [0.25, 0.3) is 5.91 Å². The number of likely N-dealkylation sites (tertiary alicyclic amines) is 1. The quantitative estimate of drug-likeness (QED) is 0.899.